The van der Waals surface area contributed by atoms with E-state index in [0.29, 0.717) is 24.4 Å². The average molecular weight is 401 g/mol. The molecule has 0 saturated heterocycles. The molecule has 0 spiro atoms. The minimum Gasteiger partial charge on any atom is -0.449 e. The summed E-state index contributed by atoms with van der Waals surface area (Å²) in [5.41, 5.74) is 4.80. The summed E-state index contributed by atoms with van der Waals surface area (Å²) >= 11 is 1.35. The van der Waals surface area contributed by atoms with Gasteiger partial charge in [0.15, 0.2) is 6.29 Å². The first-order valence-electron chi connectivity index (χ1n) is 9.39. The molecule has 1 amide bonds. The number of hydrogen-bond acceptors (Lipinski definition) is 4. The number of nitrogens with one attached hydrogen (secondary N) is 1. The highest BCUT2D eigenvalue weighted by molar-refractivity contribution is 7.14. The fourth-order valence-electron chi connectivity index (χ4n) is 3.51. The molecular formula is C24H19NO3S. The van der Waals surface area contributed by atoms with E-state index in [1.165, 1.54) is 33.6 Å². The van der Waals surface area contributed by atoms with Crippen molar-refractivity contribution in [3.05, 3.63) is 81.5 Å². The highest BCUT2D eigenvalue weighted by atomic mass is 32.1. The van der Waals surface area contributed by atoms with E-state index < -0.39 is 6.09 Å². The van der Waals surface area contributed by atoms with Gasteiger partial charge in [0.1, 0.15) is 6.61 Å². The van der Waals surface area contributed by atoms with Gasteiger partial charge in [-0.3, -0.25) is 4.79 Å². The van der Waals surface area contributed by atoms with E-state index in [1.54, 1.807) is 6.07 Å². The SMILES string of the molecule is O=Cc1ccc(C#CCCNC(=O)OCC2c3ccccc3-c3ccccc32)s1. The maximum absolute atomic E-state index is 12.1. The minimum absolute atomic E-state index is 0.0544. The normalized spacial score (nSPS) is 11.7. The summed E-state index contributed by atoms with van der Waals surface area (Å²) in [6, 6.07) is 20.1. The van der Waals surface area contributed by atoms with Gasteiger partial charge >= 0.3 is 6.09 Å². The van der Waals surface area contributed by atoms with Crippen molar-refractivity contribution in [1.82, 2.24) is 5.32 Å². The highest BCUT2D eigenvalue weighted by Crippen LogP contribution is 2.44. The minimum atomic E-state index is -0.437. The van der Waals surface area contributed by atoms with Crippen LogP contribution in [0.3, 0.4) is 0 Å². The van der Waals surface area contributed by atoms with Crippen molar-refractivity contribution in [3.63, 3.8) is 0 Å². The van der Waals surface area contributed by atoms with Crippen LogP contribution in [0, 0.1) is 11.8 Å². The molecule has 0 aliphatic heterocycles. The molecule has 1 aromatic heterocycles. The number of benzene rings is 2. The molecule has 0 bridgehead atoms. The van der Waals surface area contributed by atoms with Crippen molar-refractivity contribution >= 4 is 23.7 Å². The predicted octanol–water partition coefficient (Wildman–Crippen LogP) is 4.84. The van der Waals surface area contributed by atoms with Gasteiger partial charge in [-0.1, -0.05) is 60.4 Å². The summed E-state index contributed by atoms with van der Waals surface area (Å²) in [6.07, 6.45) is 0.889. The van der Waals surface area contributed by atoms with E-state index in [2.05, 4.69) is 41.4 Å². The Hall–Kier alpha value is -3.36. The van der Waals surface area contributed by atoms with E-state index in [1.807, 2.05) is 30.3 Å². The molecule has 0 radical (unpaired) electrons. The van der Waals surface area contributed by atoms with Crippen LogP contribution in [0.1, 0.15) is 38.0 Å². The smallest absolute Gasteiger partial charge is 0.407 e. The van der Waals surface area contributed by atoms with Crippen LogP contribution in [0.5, 0.6) is 0 Å². The quantitative estimate of drug-likeness (QED) is 0.378. The molecule has 3 aromatic rings. The zero-order chi connectivity index (χ0) is 20.1. The second-order valence-electron chi connectivity index (χ2n) is 6.62. The predicted molar refractivity (Wildman–Crippen MR) is 114 cm³/mol. The van der Waals surface area contributed by atoms with Crippen molar-refractivity contribution in [3.8, 4) is 23.0 Å². The molecule has 144 valence electrons. The van der Waals surface area contributed by atoms with E-state index in [9.17, 15) is 9.59 Å². The van der Waals surface area contributed by atoms with Crippen LogP contribution in [0.2, 0.25) is 0 Å². The summed E-state index contributed by atoms with van der Waals surface area (Å²) in [4.78, 5) is 24.2. The van der Waals surface area contributed by atoms with Crippen LogP contribution >= 0.6 is 11.3 Å². The van der Waals surface area contributed by atoms with Crippen molar-refractivity contribution in [1.29, 1.82) is 0 Å². The lowest BCUT2D eigenvalue weighted by Gasteiger charge is -2.14. The van der Waals surface area contributed by atoms with Crippen molar-refractivity contribution < 1.29 is 14.3 Å². The Bertz CT molecular complexity index is 1060. The Kier molecular flexibility index (Phi) is 5.73. The Morgan fingerprint density at radius 1 is 1.03 bits per heavy atom. The van der Waals surface area contributed by atoms with Gasteiger partial charge in [-0.25, -0.2) is 4.79 Å². The topological polar surface area (TPSA) is 55.4 Å². The number of hydrogen-bond donors (Lipinski definition) is 1. The van der Waals surface area contributed by atoms with E-state index in [-0.39, 0.29) is 5.92 Å². The second-order valence-corrected chi connectivity index (χ2v) is 7.74. The number of alkyl carbamates (subject to hydrolysis) is 1. The lowest BCUT2D eigenvalue weighted by Crippen LogP contribution is -2.26. The molecule has 1 N–H and O–H groups in total. The fraction of sp³-hybridized carbons (Fsp3) is 0.167. The van der Waals surface area contributed by atoms with Gasteiger partial charge in [0.2, 0.25) is 0 Å². The lowest BCUT2D eigenvalue weighted by atomic mass is 9.98. The van der Waals surface area contributed by atoms with Crippen LogP contribution < -0.4 is 5.32 Å². The van der Waals surface area contributed by atoms with Crippen LogP contribution in [0.15, 0.2) is 60.7 Å². The maximum atomic E-state index is 12.1. The first kappa shape index (κ1) is 19.0. The Balaban J connectivity index is 1.29. The van der Waals surface area contributed by atoms with Gasteiger partial charge in [0.25, 0.3) is 0 Å². The van der Waals surface area contributed by atoms with Crippen molar-refractivity contribution in [2.24, 2.45) is 0 Å². The Morgan fingerprint density at radius 2 is 1.72 bits per heavy atom. The molecular weight excluding hydrogens is 382 g/mol. The van der Waals surface area contributed by atoms with Crippen LogP contribution in [-0.2, 0) is 4.74 Å². The Labute approximate surface area is 173 Å². The number of carbonyl (C=O) groups is 2. The zero-order valence-corrected chi connectivity index (χ0v) is 16.5. The third-order valence-corrected chi connectivity index (χ3v) is 5.74. The first-order chi connectivity index (χ1) is 14.3. The summed E-state index contributed by atoms with van der Waals surface area (Å²) in [6.45, 7) is 0.713. The maximum Gasteiger partial charge on any atom is 0.407 e. The number of thiophene rings is 1. The fourth-order valence-corrected chi connectivity index (χ4v) is 4.21. The molecule has 29 heavy (non-hydrogen) atoms. The number of carbonyl (C=O) groups excluding carboxylic acids is 2. The van der Waals surface area contributed by atoms with Gasteiger partial charge < -0.3 is 10.1 Å². The third-order valence-electron chi connectivity index (χ3n) is 4.82. The van der Waals surface area contributed by atoms with Crippen LogP contribution in [0.25, 0.3) is 11.1 Å². The molecule has 1 aliphatic carbocycles. The number of fused-ring (bicyclic) bond motifs is 3. The van der Waals surface area contributed by atoms with Crippen molar-refractivity contribution in [2.45, 2.75) is 12.3 Å². The lowest BCUT2D eigenvalue weighted by molar-refractivity contribution is 0.112. The first-order valence-corrected chi connectivity index (χ1v) is 10.2. The van der Waals surface area contributed by atoms with E-state index in [0.717, 1.165) is 11.2 Å². The molecule has 1 aliphatic rings. The third kappa shape index (κ3) is 4.23. The molecule has 0 unspecified atom stereocenters. The van der Waals surface area contributed by atoms with E-state index >= 15 is 0 Å². The molecule has 0 fully saturated rings. The molecule has 1 heterocycles. The van der Waals surface area contributed by atoms with Gasteiger partial charge in [-0.15, -0.1) is 11.3 Å². The standard InChI is InChI=1S/C24H19NO3S/c26-15-18-13-12-17(29-18)7-5-6-14-25-24(27)28-16-23-21-10-3-1-8-19(21)20-9-2-4-11-22(20)23/h1-4,8-13,15,23H,6,14,16H2,(H,25,27). The van der Waals surface area contributed by atoms with Gasteiger partial charge in [0, 0.05) is 18.9 Å². The molecule has 0 saturated carbocycles. The summed E-state index contributed by atoms with van der Waals surface area (Å²) in [7, 11) is 0. The summed E-state index contributed by atoms with van der Waals surface area (Å²) < 4.78 is 5.49. The molecule has 4 rings (SSSR count). The number of aldehydes is 1. The number of ether oxygens (including phenoxy) is 1. The van der Waals surface area contributed by atoms with E-state index in [4.69, 9.17) is 4.74 Å². The second kappa shape index (κ2) is 8.76. The van der Waals surface area contributed by atoms with Crippen LogP contribution in [-0.4, -0.2) is 25.5 Å². The average Bonchev–Trinajstić information content (AvgIpc) is 3.34. The highest BCUT2D eigenvalue weighted by Gasteiger charge is 2.28. The van der Waals surface area contributed by atoms with Gasteiger partial charge in [-0.05, 0) is 34.4 Å². The summed E-state index contributed by atoms with van der Waals surface area (Å²) in [5.74, 6) is 6.04. The molecule has 2 aromatic carbocycles. The van der Waals surface area contributed by atoms with Gasteiger partial charge in [0.05, 0.1) is 9.75 Å². The van der Waals surface area contributed by atoms with Crippen molar-refractivity contribution in [2.75, 3.05) is 13.2 Å². The summed E-state index contributed by atoms with van der Waals surface area (Å²) in [5, 5.41) is 2.74. The van der Waals surface area contributed by atoms with Crippen LogP contribution in [0.4, 0.5) is 4.79 Å². The Morgan fingerprint density at radius 3 is 2.38 bits per heavy atom. The zero-order valence-electron chi connectivity index (χ0n) is 15.7. The molecule has 5 heteroatoms. The number of rotatable bonds is 5. The number of amides is 1. The monoisotopic (exact) mass is 401 g/mol. The van der Waals surface area contributed by atoms with Gasteiger partial charge in [-0.2, -0.15) is 0 Å². The molecule has 0 atom stereocenters. The molecule has 4 nitrogen and oxygen atoms in total. The largest absolute Gasteiger partial charge is 0.449 e.